The number of aryl methyl sites for hydroxylation is 1. The van der Waals surface area contributed by atoms with Crippen molar-refractivity contribution in [3.8, 4) is 0 Å². The Labute approximate surface area is 55.5 Å². The van der Waals surface area contributed by atoms with Gasteiger partial charge in [-0.3, -0.25) is 0 Å². The highest BCUT2D eigenvalue weighted by atomic mass is 14.5. The van der Waals surface area contributed by atoms with E-state index >= 15 is 0 Å². The average molecular weight is 120 g/mol. The molecule has 1 aromatic rings. The van der Waals surface area contributed by atoms with Crippen molar-refractivity contribution in [3.63, 3.8) is 0 Å². The van der Waals surface area contributed by atoms with Crippen LogP contribution in [0.2, 0.25) is 0 Å². The fourth-order valence-electron chi connectivity index (χ4n) is 0.808. The maximum absolute atomic E-state index is 7.08. The lowest BCUT2D eigenvalue weighted by Gasteiger charge is -2.04. The van der Waals surface area contributed by atoms with E-state index in [0.29, 0.717) is 6.54 Å². The maximum atomic E-state index is 7.08. The minimum absolute atomic E-state index is 0.396. The van der Waals surface area contributed by atoms with Gasteiger partial charge in [-0.1, -0.05) is 29.8 Å². The quantitative estimate of drug-likeness (QED) is 0.544. The summed E-state index contributed by atoms with van der Waals surface area (Å²) in [5.74, 6) is 0. The van der Waals surface area contributed by atoms with Crippen molar-refractivity contribution in [2.45, 2.75) is 13.5 Å². The first kappa shape index (κ1) is 6.30. The maximum Gasteiger partial charge on any atom is -0.0396 e. The molecule has 0 heterocycles. The molecule has 0 aliphatic carbocycles. The van der Waals surface area contributed by atoms with Crippen LogP contribution >= 0.6 is 0 Å². The Morgan fingerprint density at radius 1 is 1.33 bits per heavy atom. The first-order valence-electron chi connectivity index (χ1n) is 3.03. The summed E-state index contributed by atoms with van der Waals surface area (Å²) >= 11 is 0. The number of benzene rings is 1. The van der Waals surface area contributed by atoms with Crippen molar-refractivity contribution in [1.29, 1.82) is 0 Å². The Morgan fingerprint density at radius 3 is 2.44 bits per heavy atom. The van der Waals surface area contributed by atoms with Crippen molar-refractivity contribution in [1.82, 2.24) is 0 Å². The van der Waals surface area contributed by atoms with E-state index in [1.165, 1.54) is 5.56 Å². The zero-order valence-electron chi connectivity index (χ0n) is 5.52. The molecule has 0 saturated carbocycles. The van der Waals surface area contributed by atoms with Gasteiger partial charge in [-0.05, 0) is 12.5 Å². The van der Waals surface area contributed by atoms with Crippen LogP contribution in [0.5, 0.6) is 0 Å². The molecule has 0 unspecified atom stereocenters. The van der Waals surface area contributed by atoms with Crippen LogP contribution in [0.3, 0.4) is 0 Å². The molecule has 0 spiro atoms. The van der Waals surface area contributed by atoms with Crippen LogP contribution in [0.1, 0.15) is 11.1 Å². The van der Waals surface area contributed by atoms with Gasteiger partial charge in [0.25, 0.3) is 0 Å². The van der Waals surface area contributed by atoms with Gasteiger partial charge in [0.15, 0.2) is 0 Å². The van der Waals surface area contributed by atoms with Gasteiger partial charge in [0.2, 0.25) is 0 Å². The van der Waals surface area contributed by atoms with Crippen LogP contribution in [0.4, 0.5) is 0 Å². The molecule has 0 aliphatic rings. The van der Waals surface area contributed by atoms with Gasteiger partial charge in [-0.25, -0.2) is 0 Å². The molecule has 1 heteroatoms. The van der Waals surface area contributed by atoms with Gasteiger partial charge in [-0.2, -0.15) is 0 Å². The summed E-state index contributed by atoms with van der Waals surface area (Å²) in [6.07, 6.45) is 0. The minimum Gasteiger partial charge on any atom is -0.674 e. The fraction of sp³-hybridized carbons (Fsp3) is 0.250. The second-order valence-electron chi connectivity index (χ2n) is 2.10. The van der Waals surface area contributed by atoms with Crippen molar-refractivity contribution >= 4 is 0 Å². The normalized spacial score (nSPS) is 9.56. The zero-order valence-corrected chi connectivity index (χ0v) is 5.52. The van der Waals surface area contributed by atoms with E-state index < -0.39 is 0 Å². The van der Waals surface area contributed by atoms with E-state index in [2.05, 4.69) is 0 Å². The summed E-state index contributed by atoms with van der Waals surface area (Å²) in [6.45, 7) is 2.43. The summed E-state index contributed by atoms with van der Waals surface area (Å²) < 4.78 is 0. The van der Waals surface area contributed by atoms with Crippen molar-refractivity contribution in [3.05, 3.63) is 41.1 Å². The predicted octanol–water partition coefficient (Wildman–Crippen LogP) is 2.55. The third-order valence-electron chi connectivity index (χ3n) is 1.45. The largest absolute Gasteiger partial charge is 0.674 e. The summed E-state index contributed by atoms with van der Waals surface area (Å²) in [5.41, 5.74) is 9.42. The van der Waals surface area contributed by atoms with Crippen molar-refractivity contribution in [2.24, 2.45) is 0 Å². The Kier molecular flexibility index (Phi) is 1.85. The van der Waals surface area contributed by atoms with Crippen molar-refractivity contribution in [2.75, 3.05) is 0 Å². The smallest absolute Gasteiger partial charge is 0.0396 e. The SMILES string of the molecule is Cc1ccccc1C[NH-]. The first-order chi connectivity index (χ1) is 4.34. The molecule has 0 radical (unpaired) electrons. The third kappa shape index (κ3) is 1.30. The van der Waals surface area contributed by atoms with E-state index in [0.717, 1.165) is 5.56 Å². The molecule has 9 heavy (non-hydrogen) atoms. The first-order valence-corrected chi connectivity index (χ1v) is 3.03. The van der Waals surface area contributed by atoms with Gasteiger partial charge in [0.05, 0.1) is 0 Å². The van der Waals surface area contributed by atoms with Gasteiger partial charge < -0.3 is 5.73 Å². The van der Waals surface area contributed by atoms with Crippen molar-refractivity contribution < 1.29 is 0 Å². The molecule has 1 rings (SSSR count). The van der Waals surface area contributed by atoms with Crippen LogP contribution < -0.4 is 0 Å². The molecule has 0 aliphatic heterocycles. The number of hydrogen-bond donors (Lipinski definition) is 0. The molecule has 0 amide bonds. The highest BCUT2D eigenvalue weighted by Crippen LogP contribution is 2.06. The Bertz CT molecular complexity index is 194. The van der Waals surface area contributed by atoms with Crippen LogP contribution in [0, 0.1) is 6.92 Å². The summed E-state index contributed by atoms with van der Waals surface area (Å²) in [6, 6.07) is 7.98. The van der Waals surface area contributed by atoms with Gasteiger partial charge in [0.1, 0.15) is 0 Å². The topological polar surface area (TPSA) is 23.8 Å². The molecule has 0 bridgehead atoms. The molecular formula is C8H10N-. The van der Waals surface area contributed by atoms with Gasteiger partial charge in [0, 0.05) is 0 Å². The Morgan fingerprint density at radius 2 is 2.00 bits per heavy atom. The molecule has 0 fully saturated rings. The molecular weight excluding hydrogens is 110 g/mol. The molecule has 0 saturated heterocycles. The lowest BCUT2D eigenvalue weighted by molar-refractivity contribution is 1.22. The monoisotopic (exact) mass is 120 g/mol. The standard InChI is InChI=1S/C8H10N/c1-7-4-2-3-5-8(7)6-9/h2-5,9H,6H2,1H3/q-1. The van der Waals surface area contributed by atoms with Crippen LogP contribution in [0.15, 0.2) is 24.3 Å². The molecule has 0 aromatic heterocycles. The second kappa shape index (κ2) is 2.65. The lowest BCUT2D eigenvalue weighted by atomic mass is 10.1. The van der Waals surface area contributed by atoms with Crippen LogP contribution in [0.25, 0.3) is 5.73 Å². The van der Waals surface area contributed by atoms with E-state index in [1.54, 1.807) is 0 Å². The molecule has 1 aromatic carbocycles. The average Bonchev–Trinajstić information content (AvgIpc) is 1.89. The third-order valence-corrected chi connectivity index (χ3v) is 1.45. The van der Waals surface area contributed by atoms with E-state index in [9.17, 15) is 0 Å². The molecule has 48 valence electrons. The summed E-state index contributed by atoms with van der Waals surface area (Å²) in [5, 5.41) is 0. The predicted molar refractivity (Wildman–Crippen MR) is 39.2 cm³/mol. The van der Waals surface area contributed by atoms with E-state index in [1.807, 2.05) is 31.2 Å². The molecule has 1 N–H and O–H groups in total. The molecule has 0 atom stereocenters. The van der Waals surface area contributed by atoms with Gasteiger partial charge in [-0.15, -0.1) is 6.54 Å². The minimum atomic E-state index is 0.396. The number of nitrogens with one attached hydrogen (secondary N) is 1. The Balaban J connectivity index is 3.01. The fourth-order valence-corrected chi connectivity index (χ4v) is 0.808. The summed E-state index contributed by atoms with van der Waals surface area (Å²) in [7, 11) is 0. The van der Waals surface area contributed by atoms with E-state index in [4.69, 9.17) is 5.73 Å². The highest BCUT2D eigenvalue weighted by molar-refractivity contribution is 5.25. The van der Waals surface area contributed by atoms with E-state index in [-0.39, 0.29) is 0 Å². The zero-order chi connectivity index (χ0) is 6.69. The van der Waals surface area contributed by atoms with Gasteiger partial charge >= 0.3 is 0 Å². The molecule has 1 nitrogen and oxygen atoms in total. The number of hydrogen-bond acceptors (Lipinski definition) is 0. The second-order valence-corrected chi connectivity index (χ2v) is 2.10. The lowest BCUT2D eigenvalue weighted by Crippen LogP contribution is -1.82. The van der Waals surface area contributed by atoms with Crippen LogP contribution in [-0.2, 0) is 6.54 Å². The Hall–Kier alpha value is -0.820. The summed E-state index contributed by atoms with van der Waals surface area (Å²) in [4.78, 5) is 0. The highest BCUT2D eigenvalue weighted by Gasteiger charge is 1.86. The number of rotatable bonds is 1. The van der Waals surface area contributed by atoms with Crippen LogP contribution in [-0.4, -0.2) is 0 Å².